The van der Waals surface area contributed by atoms with Gasteiger partial charge in [0.1, 0.15) is 0 Å². The molecule has 3 N–H and O–H groups in total. The Morgan fingerprint density at radius 3 is 2.25 bits per heavy atom. The number of hydrogen-bond acceptors (Lipinski definition) is 3. The van der Waals surface area contributed by atoms with Gasteiger partial charge in [-0.05, 0) is 19.8 Å². The highest BCUT2D eigenvalue weighted by molar-refractivity contribution is 5.85. The predicted octanol–water partition coefficient (Wildman–Crippen LogP) is 0.517. The monoisotopic (exact) mass is 229 g/mol. The zero-order valence-electron chi connectivity index (χ0n) is 9.48. The Balaban J connectivity index is 2.50. The van der Waals surface area contributed by atoms with Gasteiger partial charge in [0.2, 0.25) is 5.91 Å². The lowest BCUT2D eigenvalue weighted by molar-refractivity contribution is -0.145. The number of carbonyl (C=O) groups is 2. The number of carboxylic acid groups (broad SMARTS) is 1. The van der Waals surface area contributed by atoms with Gasteiger partial charge in [-0.2, -0.15) is 0 Å². The fourth-order valence-corrected chi connectivity index (χ4v) is 2.02. The molecule has 0 bridgehead atoms. The molecule has 5 heteroatoms. The first kappa shape index (κ1) is 13.0. The third-order valence-corrected chi connectivity index (χ3v) is 3.02. The molecule has 2 atom stereocenters. The van der Waals surface area contributed by atoms with Crippen molar-refractivity contribution in [2.24, 2.45) is 5.92 Å². The van der Waals surface area contributed by atoms with E-state index in [4.69, 9.17) is 5.11 Å². The molecule has 0 aromatic rings. The van der Waals surface area contributed by atoms with Crippen LogP contribution in [0.4, 0.5) is 0 Å². The fraction of sp³-hybridized carbons (Fsp3) is 0.818. The van der Waals surface area contributed by atoms with Crippen LogP contribution < -0.4 is 5.32 Å². The molecule has 0 unspecified atom stereocenters. The van der Waals surface area contributed by atoms with Crippen LogP contribution in [0.3, 0.4) is 0 Å². The summed E-state index contributed by atoms with van der Waals surface area (Å²) in [6.45, 7) is 1.36. The third-order valence-electron chi connectivity index (χ3n) is 3.02. The van der Waals surface area contributed by atoms with Crippen LogP contribution in [0.5, 0.6) is 0 Å². The van der Waals surface area contributed by atoms with Gasteiger partial charge in [-0.15, -0.1) is 0 Å². The van der Waals surface area contributed by atoms with Gasteiger partial charge < -0.3 is 15.5 Å². The second-order valence-corrected chi connectivity index (χ2v) is 4.40. The highest BCUT2D eigenvalue weighted by atomic mass is 16.4. The van der Waals surface area contributed by atoms with Gasteiger partial charge in [-0.25, -0.2) is 4.79 Å². The summed E-state index contributed by atoms with van der Waals surface area (Å²) in [4.78, 5) is 22.5. The zero-order chi connectivity index (χ0) is 12.1. The normalized spacial score (nSPS) is 21.1. The number of aliphatic carboxylic acids is 1. The molecule has 1 aliphatic carbocycles. The summed E-state index contributed by atoms with van der Waals surface area (Å²) in [6, 6.07) is -1.20. The quantitative estimate of drug-likeness (QED) is 0.655. The second-order valence-electron chi connectivity index (χ2n) is 4.40. The van der Waals surface area contributed by atoms with E-state index in [1.807, 2.05) is 0 Å². The lowest BCUT2D eigenvalue weighted by atomic mass is 9.88. The van der Waals surface area contributed by atoms with E-state index < -0.39 is 18.1 Å². The summed E-state index contributed by atoms with van der Waals surface area (Å²) >= 11 is 0. The van der Waals surface area contributed by atoms with Crippen molar-refractivity contribution in [3.8, 4) is 0 Å². The summed E-state index contributed by atoms with van der Waals surface area (Å²) in [7, 11) is 0. The van der Waals surface area contributed by atoms with Crippen LogP contribution in [0.25, 0.3) is 0 Å². The maximum Gasteiger partial charge on any atom is 0.328 e. The number of aliphatic hydroxyl groups excluding tert-OH is 1. The first-order chi connectivity index (χ1) is 7.52. The average molecular weight is 229 g/mol. The van der Waals surface area contributed by atoms with Crippen molar-refractivity contribution in [3.63, 3.8) is 0 Å². The number of nitrogens with one attached hydrogen (secondary N) is 1. The van der Waals surface area contributed by atoms with Crippen LogP contribution in [-0.4, -0.2) is 34.2 Å². The molecule has 0 aliphatic heterocycles. The minimum absolute atomic E-state index is 0.0886. The van der Waals surface area contributed by atoms with Crippen molar-refractivity contribution < 1.29 is 19.8 Å². The number of carbonyl (C=O) groups excluding carboxylic acids is 1. The molecule has 0 spiro atoms. The Labute approximate surface area is 94.8 Å². The van der Waals surface area contributed by atoms with Crippen LogP contribution >= 0.6 is 0 Å². The molecule has 0 radical (unpaired) electrons. The van der Waals surface area contributed by atoms with Crippen molar-refractivity contribution in [1.29, 1.82) is 0 Å². The van der Waals surface area contributed by atoms with E-state index in [1.165, 1.54) is 6.92 Å². The van der Waals surface area contributed by atoms with E-state index in [2.05, 4.69) is 5.32 Å². The van der Waals surface area contributed by atoms with Gasteiger partial charge in [0.05, 0.1) is 6.10 Å². The number of amides is 1. The molecule has 1 aliphatic rings. The van der Waals surface area contributed by atoms with Gasteiger partial charge in [-0.1, -0.05) is 19.3 Å². The first-order valence-electron chi connectivity index (χ1n) is 5.73. The Bertz CT molecular complexity index is 259. The first-order valence-corrected chi connectivity index (χ1v) is 5.73. The topological polar surface area (TPSA) is 86.6 Å². The molecule has 0 aromatic heterocycles. The molecular formula is C11H19NO4. The van der Waals surface area contributed by atoms with Crippen molar-refractivity contribution in [1.82, 2.24) is 5.32 Å². The smallest absolute Gasteiger partial charge is 0.328 e. The van der Waals surface area contributed by atoms with Gasteiger partial charge in [0.25, 0.3) is 0 Å². The van der Waals surface area contributed by atoms with Gasteiger partial charge >= 0.3 is 5.97 Å². The maximum atomic E-state index is 11.7. The highest BCUT2D eigenvalue weighted by Gasteiger charge is 2.29. The molecule has 0 aromatic carbocycles. The van der Waals surface area contributed by atoms with E-state index in [0.717, 1.165) is 32.1 Å². The number of rotatable bonds is 4. The van der Waals surface area contributed by atoms with Crippen LogP contribution in [0.15, 0.2) is 0 Å². The molecule has 5 nitrogen and oxygen atoms in total. The van der Waals surface area contributed by atoms with Gasteiger partial charge in [-0.3, -0.25) is 4.79 Å². The van der Waals surface area contributed by atoms with Gasteiger partial charge in [0.15, 0.2) is 6.04 Å². The van der Waals surface area contributed by atoms with E-state index in [-0.39, 0.29) is 11.8 Å². The van der Waals surface area contributed by atoms with E-state index in [0.29, 0.717) is 0 Å². The van der Waals surface area contributed by atoms with Crippen LogP contribution in [0, 0.1) is 5.92 Å². The summed E-state index contributed by atoms with van der Waals surface area (Å²) in [5.74, 6) is -1.53. The number of hydrogen-bond donors (Lipinski definition) is 3. The largest absolute Gasteiger partial charge is 0.480 e. The van der Waals surface area contributed by atoms with E-state index >= 15 is 0 Å². The third kappa shape index (κ3) is 3.48. The van der Waals surface area contributed by atoms with Crippen molar-refractivity contribution >= 4 is 11.9 Å². The predicted molar refractivity (Wildman–Crippen MR) is 57.8 cm³/mol. The number of aliphatic hydroxyl groups is 1. The Hall–Kier alpha value is -1.10. The zero-order valence-corrected chi connectivity index (χ0v) is 9.48. The molecule has 0 heterocycles. The minimum Gasteiger partial charge on any atom is -0.480 e. The molecule has 1 saturated carbocycles. The van der Waals surface area contributed by atoms with Crippen LogP contribution in [0.1, 0.15) is 39.0 Å². The van der Waals surface area contributed by atoms with Gasteiger partial charge in [0, 0.05) is 5.92 Å². The standard InChI is InChI=1S/C11H19NO4/c1-7(13)9(11(15)16)12-10(14)8-5-3-2-4-6-8/h7-9,13H,2-6H2,1H3,(H,12,14)(H,15,16)/t7-,9+/m1/s1. The Morgan fingerprint density at radius 1 is 1.25 bits per heavy atom. The fourth-order valence-electron chi connectivity index (χ4n) is 2.02. The number of carboxylic acids is 1. The van der Waals surface area contributed by atoms with Crippen molar-refractivity contribution in [2.75, 3.05) is 0 Å². The molecular weight excluding hydrogens is 210 g/mol. The summed E-state index contributed by atoms with van der Waals surface area (Å²) in [5.41, 5.74) is 0. The average Bonchev–Trinajstić information content (AvgIpc) is 2.25. The summed E-state index contributed by atoms with van der Waals surface area (Å²) in [6.07, 6.45) is 3.73. The van der Waals surface area contributed by atoms with Crippen LogP contribution in [-0.2, 0) is 9.59 Å². The lowest BCUT2D eigenvalue weighted by Crippen LogP contribution is -2.49. The SMILES string of the molecule is C[C@@H](O)[C@H](NC(=O)C1CCCCC1)C(=O)O. The van der Waals surface area contributed by atoms with E-state index in [1.54, 1.807) is 0 Å². The van der Waals surface area contributed by atoms with Crippen molar-refractivity contribution in [2.45, 2.75) is 51.2 Å². The highest BCUT2D eigenvalue weighted by Crippen LogP contribution is 2.23. The molecule has 0 saturated heterocycles. The van der Waals surface area contributed by atoms with Crippen LogP contribution in [0.2, 0.25) is 0 Å². The molecule has 1 amide bonds. The maximum absolute atomic E-state index is 11.7. The summed E-state index contributed by atoms with van der Waals surface area (Å²) < 4.78 is 0. The minimum atomic E-state index is -1.20. The molecule has 1 rings (SSSR count). The van der Waals surface area contributed by atoms with Crippen molar-refractivity contribution in [3.05, 3.63) is 0 Å². The molecule has 92 valence electrons. The van der Waals surface area contributed by atoms with E-state index in [9.17, 15) is 14.7 Å². The summed E-state index contributed by atoms with van der Waals surface area (Å²) in [5, 5.41) is 20.4. The Kier molecular flexibility index (Phi) is 4.73. The molecule has 1 fully saturated rings. The second kappa shape index (κ2) is 5.84. The molecule has 16 heavy (non-hydrogen) atoms. The lowest BCUT2D eigenvalue weighted by Gasteiger charge is -2.24. The Morgan fingerprint density at radius 2 is 1.81 bits per heavy atom.